The molecule has 4 rings (SSSR count). The molecular weight excluding hydrogens is 356 g/mol. The van der Waals surface area contributed by atoms with Gasteiger partial charge < -0.3 is 19.3 Å². The van der Waals surface area contributed by atoms with Crippen LogP contribution in [0.15, 0.2) is 18.2 Å². The van der Waals surface area contributed by atoms with Crippen molar-refractivity contribution in [2.24, 2.45) is 5.92 Å². The van der Waals surface area contributed by atoms with Crippen LogP contribution in [0, 0.1) is 5.92 Å². The quantitative estimate of drug-likeness (QED) is 0.798. The summed E-state index contributed by atoms with van der Waals surface area (Å²) in [5.41, 5.74) is 0.881. The van der Waals surface area contributed by atoms with Crippen LogP contribution in [0.4, 0.5) is 0 Å². The van der Waals surface area contributed by atoms with Crippen molar-refractivity contribution < 1.29 is 19.1 Å². The smallest absolute Gasteiger partial charge is 0.260 e. The molecule has 0 bridgehead atoms. The van der Waals surface area contributed by atoms with Crippen molar-refractivity contribution in [3.63, 3.8) is 0 Å². The van der Waals surface area contributed by atoms with Gasteiger partial charge in [-0.1, -0.05) is 12.1 Å². The molecule has 3 aliphatic rings. The van der Waals surface area contributed by atoms with Gasteiger partial charge >= 0.3 is 0 Å². The predicted octanol–water partition coefficient (Wildman–Crippen LogP) is 2.64. The molecule has 2 fully saturated rings. The van der Waals surface area contributed by atoms with Crippen molar-refractivity contribution in [1.82, 2.24) is 9.80 Å². The number of carbonyl (C=O) groups excluding carboxylic acids is 2. The summed E-state index contributed by atoms with van der Waals surface area (Å²) < 4.78 is 11.8. The zero-order chi connectivity index (χ0) is 19.7. The Hall–Kier alpha value is -2.24. The molecule has 2 saturated heterocycles. The Morgan fingerprint density at radius 1 is 1.11 bits per heavy atom. The van der Waals surface area contributed by atoms with Crippen molar-refractivity contribution in [3.05, 3.63) is 23.8 Å². The minimum absolute atomic E-state index is 0.00494. The Balaban J connectivity index is 1.28. The number of hydrogen-bond acceptors (Lipinski definition) is 4. The highest BCUT2D eigenvalue weighted by molar-refractivity contribution is 5.81. The zero-order valence-corrected chi connectivity index (χ0v) is 16.9. The summed E-state index contributed by atoms with van der Waals surface area (Å²) >= 11 is 0. The molecule has 6 heteroatoms. The number of amides is 2. The highest BCUT2D eigenvalue weighted by Crippen LogP contribution is 2.41. The standard InChI is InChI=1S/C22H30N2O4/c1-22(2)14-17-6-5-7-18(20(17)28-22)27-15-19(25)23-12-8-16(9-13-23)21(26)24-10-3-4-11-24/h5-7,16H,3-4,8-15H2,1-2H3. The van der Waals surface area contributed by atoms with Crippen LogP contribution in [0.25, 0.3) is 0 Å². The van der Waals surface area contributed by atoms with Crippen LogP contribution < -0.4 is 9.47 Å². The minimum Gasteiger partial charge on any atom is -0.483 e. The Morgan fingerprint density at radius 3 is 2.54 bits per heavy atom. The van der Waals surface area contributed by atoms with Gasteiger partial charge in [0.05, 0.1) is 0 Å². The van der Waals surface area contributed by atoms with E-state index in [4.69, 9.17) is 9.47 Å². The van der Waals surface area contributed by atoms with Crippen LogP contribution >= 0.6 is 0 Å². The molecule has 1 aromatic carbocycles. The Morgan fingerprint density at radius 2 is 1.82 bits per heavy atom. The highest BCUT2D eigenvalue weighted by Gasteiger charge is 2.33. The molecule has 3 heterocycles. The average Bonchev–Trinajstić information content (AvgIpc) is 3.32. The SMILES string of the molecule is CC1(C)Cc2cccc(OCC(=O)N3CCC(C(=O)N4CCCC4)CC3)c2O1. The van der Waals surface area contributed by atoms with Gasteiger partial charge in [0.15, 0.2) is 18.1 Å². The molecule has 0 aromatic heterocycles. The van der Waals surface area contributed by atoms with Crippen LogP contribution in [-0.4, -0.2) is 60.0 Å². The summed E-state index contributed by atoms with van der Waals surface area (Å²) in [4.78, 5) is 28.9. The molecule has 0 N–H and O–H groups in total. The second-order valence-electron chi connectivity index (χ2n) is 8.76. The van der Waals surface area contributed by atoms with Crippen molar-refractivity contribution in [2.45, 2.75) is 51.6 Å². The Bertz CT molecular complexity index is 747. The van der Waals surface area contributed by atoms with Gasteiger partial charge in [-0.05, 0) is 45.6 Å². The van der Waals surface area contributed by atoms with Crippen LogP contribution in [-0.2, 0) is 16.0 Å². The van der Waals surface area contributed by atoms with E-state index in [1.807, 2.05) is 28.0 Å². The van der Waals surface area contributed by atoms with E-state index in [0.29, 0.717) is 18.8 Å². The molecule has 6 nitrogen and oxygen atoms in total. The van der Waals surface area contributed by atoms with E-state index in [1.54, 1.807) is 0 Å². The molecule has 0 unspecified atom stereocenters. The van der Waals surface area contributed by atoms with Gasteiger partial charge in [-0.3, -0.25) is 9.59 Å². The second-order valence-corrected chi connectivity index (χ2v) is 8.76. The molecular formula is C22H30N2O4. The zero-order valence-electron chi connectivity index (χ0n) is 16.9. The first-order valence-electron chi connectivity index (χ1n) is 10.4. The molecule has 28 heavy (non-hydrogen) atoms. The number of nitrogens with zero attached hydrogens (tertiary/aromatic N) is 2. The van der Waals surface area contributed by atoms with Crippen LogP contribution in [0.2, 0.25) is 0 Å². The number of likely N-dealkylation sites (tertiary alicyclic amines) is 2. The third-order valence-electron chi connectivity index (χ3n) is 6.02. The summed E-state index contributed by atoms with van der Waals surface area (Å²) in [6.07, 6.45) is 4.57. The van der Waals surface area contributed by atoms with Gasteiger partial charge in [0.2, 0.25) is 5.91 Å². The van der Waals surface area contributed by atoms with Gasteiger partial charge in [-0.25, -0.2) is 0 Å². The molecule has 1 aromatic rings. The second kappa shape index (κ2) is 7.64. The number of para-hydroxylation sites is 1. The Kier molecular flexibility index (Phi) is 5.21. The van der Waals surface area contributed by atoms with Gasteiger partial charge in [-0.2, -0.15) is 0 Å². The highest BCUT2D eigenvalue weighted by atomic mass is 16.5. The molecule has 3 aliphatic heterocycles. The van der Waals surface area contributed by atoms with E-state index >= 15 is 0 Å². The van der Waals surface area contributed by atoms with Crippen molar-refractivity contribution >= 4 is 11.8 Å². The number of benzene rings is 1. The first-order valence-corrected chi connectivity index (χ1v) is 10.4. The fourth-order valence-electron chi connectivity index (χ4n) is 4.50. The molecule has 0 atom stereocenters. The van der Waals surface area contributed by atoms with Gasteiger partial charge in [0.1, 0.15) is 5.60 Å². The number of hydrogen-bond donors (Lipinski definition) is 0. The first-order chi connectivity index (χ1) is 13.4. The Labute approximate surface area is 166 Å². The molecule has 152 valence electrons. The van der Waals surface area contributed by atoms with E-state index in [-0.39, 0.29) is 29.9 Å². The lowest BCUT2D eigenvalue weighted by molar-refractivity contribution is -0.140. The lowest BCUT2D eigenvalue weighted by Crippen LogP contribution is -2.45. The monoisotopic (exact) mass is 386 g/mol. The van der Waals surface area contributed by atoms with Crippen LogP contribution in [0.3, 0.4) is 0 Å². The van der Waals surface area contributed by atoms with Crippen molar-refractivity contribution in [1.29, 1.82) is 0 Å². The number of carbonyl (C=O) groups is 2. The number of piperidine rings is 1. The molecule has 2 amide bonds. The molecule has 0 saturated carbocycles. The first kappa shape index (κ1) is 19.1. The fourth-order valence-corrected chi connectivity index (χ4v) is 4.50. The van der Waals surface area contributed by atoms with E-state index in [2.05, 4.69) is 13.8 Å². The molecule has 0 spiro atoms. The van der Waals surface area contributed by atoms with E-state index in [1.165, 1.54) is 0 Å². The van der Waals surface area contributed by atoms with E-state index in [0.717, 1.165) is 56.5 Å². The van der Waals surface area contributed by atoms with Gasteiger partial charge in [0.25, 0.3) is 5.91 Å². The maximum Gasteiger partial charge on any atom is 0.260 e. The summed E-state index contributed by atoms with van der Waals surface area (Å²) in [6.45, 7) is 7.15. The normalized spacial score (nSPS) is 21.4. The average molecular weight is 386 g/mol. The fraction of sp³-hybridized carbons (Fsp3) is 0.636. The van der Waals surface area contributed by atoms with E-state index < -0.39 is 0 Å². The molecule has 0 aliphatic carbocycles. The van der Waals surface area contributed by atoms with E-state index in [9.17, 15) is 9.59 Å². The minimum atomic E-state index is -0.241. The maximum absolute atomic E-state index is 12.6. The topological polar surface area (TPSA) is 59.1 Å². The van der Waals surface area contributed by atoms with Crippen LogP contribution in [0.5, 0.6) is 11.5 Å². The summed E-state index contributed by atoms with van der Waals surface area (Å²) in [5, 5.41) is 0. The number of rotatable bonds is 4. The maximum atomic E-state index is 12.6. The lowest BCUT2D eigenvalue weighted by atomic mass is 9.95. The third-order valence-corrected chi connectivity index (χ3v) is 6.02. The van der Waals surface area contributed by atoms with Gasteiger partial charge in [-0.15, -0.1) is 0 Å². The summed E-state index contributed by atoms with van der Waals surface area (Å²) in [5.74, 6) is 1.71. The van der Waals surface area contributed by atoms with Gasteiger partial charge in [0, 0.05) is 44.1 Å². The molecule has 0 radical (unpaired) electrons. The van der Waals surface area contributed by atoms with Crippen molar-refractivity contribution in [3.8, 4) is 11.5 Å². The van der Waals surface area contributed by atoms with Crippen molar-refractivity contribution in [2.75, 3.05) is 32.8 Å². The van der Waals surface area contributed by atoms with Crippen LogP contribution in [0.1, 0.15) is 45.1 Å². The predicted molar refractivity (Wildman–Crippen MR) is 105 cm³/mol. The number of ether oxygens (including phenoxy) is 2. The number of fused-ring (bicyclic) bond motifs is 1. The lowest BCUT2D eigenvalue weighted by Gasteiger charge is -2.33. The summed E-state index contributed by atoms with van der Waals surface area (Å²) in [6, 6.07) is 5.84. The largest absolute Gasteiger partial charge is 0.483 e. The summed E-state index contributed by atoms with van der Waals surface area (Å²) in [7, 11) is 0. The third kappa shape index (κ3) is 3.96.